The van der Waals surface area contributed by atoms with Gasteiger partial charge >= 0.3 is 0 Å². The Bertz CT molecular complexity index is 268. The number of nitrogens with two attached hydrogens (primary N) is 1. The molecule has 64 valence electrons. The summed E-state index contributed by atoms with van der Waals surface area (Å²) in [6, 6.07) is 4.03. The van der Waals surface area contributed by atoms with E-state index in [1.54, 1.807) is 0 Å². The Kier molecular flexibility index (Phi) is 1.96. The highest BCUT2D eigenvalue weighted by molar-refractivity contribution is 5.42. The third-order valence-corrected chi connectivity index (χ3v) is 2.23. The molecule has 0 bridgehead atoms. The van der Waals surface area contributed by atoms with Gasteiger partial charge in [-0.2, -0.15) is 0 Å². The van der Waals surface area contributed by atoms with Gasteiger partial charge < -0.3 is 10.6 Å². The lowest BCUT2D eigenvalue weighted by molar-refractivity contribution is 0.609. The van der Waals surface area contributed by atoms with Crippen LogP contribution >= 0.6 is 0 Å². The van der Waals surface area contributed by atoms with E-state index in [1.807, 2.05) is 12.3 Å². The van der Waals surface area contributed by atoms with E-state index in [0.29, 0.717) is 6.54 Å². The Balaban J connectivity index is 2.19. The quantitative estimate of drug-likeness (QED) is 0.699. The monoisotopic (exact) mass is 163 g/mol. The normalized spacial score (nSPS) is 15.9. The number of hydrogen-bond donors (Lipinski definition) is 1. The minimum absolute atomic E-state index is 0.601. The minimum atomic E-state index is 0.601. The van der Waals surface area contributed by atoms with E-state index in [-0.39, 0.29) is 0 Å². The maximum atomic E-state index is 5.53. The third kappa shape index (κ3) is 1.28. The summed E-state index contributed by atoms with van der Waals surface area (Å²) < 4.78 is 0. The fourth-order valence-electron chi connectivity index (χ4n) is 1.31. The molecule has 0 spiro atoms. The number of anilines is 1. The summed E-state index contributed by atoms with van der Waals surface area (Å²) in [6.45, 7) is 2.88. The van der Waals surface area contributed by atoms with Gasteiger partial charge in [0.2, 0.25) is 0 Å². The second-order valence-corrected chi connectivity index (χ2v) is 3.07. The van der Waals surface area contributed by atoms with Crippen LogP contribution in [0.15, 0.2) is 18.3 Å². The Labute approximate surface area is 72.2 Å². The van der Waals surface area contributed by atoms with Crippen LogP contribution in [0.4, 0.5) is 5.82 Å². The van der Waals surface area contributed by atoms with Gasteiger partial charge in [-0.15, -0.1) is 0 Å². The smallest absolute Gasteiger partial charge is 0.128 e. The predicted octanol–water partition coefficient (Wildman–Crippen LogP) is 0.750. The molecular weight excluding hydrogens is 150 g/mol. The summed E-state index contributed by atoms with van der Waals surface area (Å²) in [5, 5.41) is 0. The van der Waals surface area contributed by atoms with E-state index in [0.717, 1.165) is 24.5 Å². The van der Waals surface area contributed by atoms with Crippen LogP contribution in [0.25, 0.3) is 0 Å². The molecular formula is C9H13N3. The highest BCUT2D eigenvalue weighted by Gasteiger charge is 2.15. The third-order valence-electron chi connectivity index (χ3n) is 2.23. The second-order valence-electron chi connectivity index (χ2n) is 3.07. The van der Waals surface area contributed by atoms with Crippen molar-refractivity contribution in [1.82, 2.24) is 4.98 Å². The van der Waals surface area contributed by atoms with E-state index < -0.39 is 0 Å². The van der Waals surface area contributed by atoms with Crippen LogP contribution in [-0.2, 0) is 6.54 Å². The van der Waals surface area contributed by atoms with Crippen LogP contribution in [0.5, 0.6) is 0 Å². The fraction of sp³-hybridized carbons (Fsp3) is 0.444. The van der Waals surface area contributed by atoms with Crippen LogP contribution in [0.2, 0.25) is 0 Å². The van der Waals surface area contributed by atoms with Gasteiger partial charge in [-0.1, -0.05) is 0 Å². The van der Waals surface area contributed by atoms with Crippen LogP contribution in [-0.4, -0.2) is 18.1 Å². The minimum Gasteiger partial charge on any atom is -0.356 e. The first kappa shape index (κ1) is 7.55. The lowest BCUT2D eigenvalue weighted by Crippen LogP contribution is -2.37. The standard InChI is InChI=1S/C9H13N3/c10-7-8-2-3-11-9(6-8)12-4-1-5-12/h2-3,6H,1,4-5,7,10H2. The van der Waals surface area contributed by atoms with Crippen LogP contribution in [0.1, 0.15) is 12.0 Å². The molecule has 3 heteroatoms. The van der Waals surface area contributed by atoms with Gasteiger partial charge in [0.25, 0.3) is 0 Å². The van der Waals surface area contributed by atoms with Crippen molar-refractivity contribution in [2.75, 3.05) is 18.0 Å². The average molecular weight is 163 g/mol. The predicted molar refractivity (Wildman–Crippen MR) is 49.0 cm³/mol. The van der Waals surface area contributed by atoms with Crippen molar-refractivity contribution in [1.29, 1.82) is 0 Å². The summed E-state index contributed by atoms with van der Waals surface area (Å²) in [6.07, 6.45) is 3.12. The molecule has 0 atom stereocenters. The van der Waals surface area contributed by atoms with Gasteiger partial charge in [0, 0.05) is 25.8 Å². The molecule has 0 amide bonds. The summed E-state index contributed by atoms with van der Waals surface area (Å²) >= 11 is 0. The van der Waals surface area contributed by atoms with Crippen molar-refractivity contribution in [2.45, 2.75) is 13.0 Å². The Morgan fingerprint density at radius 1 is 1.50 bits per heavy atom. The summed E-state index contributed by atoms with van der Waals surface area (Å²) in [4.78, 5) is 6.54. The number of hydrogen-bond acceptors (Lipinski definition) is 3. The Hall–Kier alpha value is -1.09. The van der Waals surface area contributed by atoms with Crippen molar-refractivity contribution in [3.8, 4) is 0 Å². The molecule has 2 N–H and O–H groups in total. The van der Waals surface area contributed by atoms with Crippen molar-refractivity contribution >= 4 is 5.82 Å². The first-order valence-corrected chi connectivity index (χ1v) is 4.30. The largest absolute Gasteiger partial charge is 0.356 e. The molecule has 0 unspecified atom stereocenters. The van der Waals surface area contributed by atoms with Gasteiger partial charge in [-0.3, -0.25) is 0 Å². The molecule has 12 heavy (non-hydrogen) atoms. The molecule has 1 aliphatic rings. The van der Waals surface area contributed by atoms with Crippen LogP contribution < -0.4 is 10.6 Å². The molecule has 2 rings (SSSR count). The Morgan fingerprint density at radius 3 is 2.92 bits per heavy atom. The molecule has 1 aromatic heterocycles. The molecule has 0 radical (unpaired) electrons. The SMILES string of the molecule is NCc1ccnc(N2CCC2)c1. The van der Waals surface area contributed by atoms with E-state index >= 15 is 0 Å². The van der Waals surface area contributed by atoms with Crippen molar-refractivity contribution in [2.24, 2.45) is 5.73 Å². The molecule has 1 fully saturated rings. The van der Waals surface area contributed by atoms with Crippen LogP contribution in [0, 0.1) is 0 Å². The zero-order valence-corrected chi connectivity index (χ0v) is 7.03. The molecule has 1 aliphatic heterocycles. The first-order valence-electron chi connectivity index (χ1n) is 4.30. The van der Waals surface area contributed by atoms with Gasteiger partial charge in [-0.25, -0.2) is 4.98 Å². The van der Waals surface area contributed by atoms with Crippen molar-refractivity contribution < 1.29 is 0 Å². The van der Waals surface area contributed by atoms with Gasteiger partial charge in [0.1, 0.15) is 5.82 Å². The lowest BCUT2D eigenvalue weighted by Gasteiger charge is -2.32. The average Bonchev–Trinajstić information content (AvgIpc) is 2.02. The van der Waals surface area contributed by atoms with Gasteiger partial charge in [-0.05, 0) is 24.1 Å². The number of nitrogens with zero attached hydrogens (tertiary/aromatic N) is 2. The van der Waals surface area contributed by atoms with Crippen molar-refractivity contribution in [3.05, 3.63) is 23.9 Å². The van der Waals surface area contributed by atoms with Crippen LogP contribution in [0.3, 0.4) is 0 Å². The zero-order chi connectivity index (χ0) is 8.39. The maximum Gasteiger partial charge on any atom is 0.128 e. The molecule has 0 aromatic carbocycles. The first-order chi connectivity index (χ1) is 5.90. The fourth-order valence-corrected chi connectivity index (χ4v) is 1.31. The molecule has 0 saturated carbocycles. The lowest BCUT2D eigenvalue weighted by atomic mass is 10.2. The van der Waals surface area contributed by atoms with E-state index in [4.69, 9.17) is 5.73 Å². The maximum absolute atomic E-state index is 5.53. The highest BCUT2D eigenvalue weighted by atomic mass is 15.2. The summed E-state index contributed by atoms with van der Waals surface area (Å²) in [5.41, 5.74) is 6.69. The molecule has 1 aromatic rings. The summed E-state index contributed by atoms with van der Waals surface area (Å²) in [7, 11) is 0. The number of aromatic nitrogens is 1. The second kappa shape index (κ2) is 3.11. The molecule has 1 saturated heterocycles. The van der Waals surface area contributed by atoms with E-state index in [2.05, 4.69) is 16.0 Å². The number of pyridine rings is 1. The van der Waals surface area contributed by atoms with E-state index in [1.165, 1.54) is 6.42 Å². The molecule has 3 nitrogen and oxygen atoms in total. The molecule has 0 aliphatic carbocycles. The number of rotatable bonds is 2. The molecule has 2 heterocycles. The van der Waals surface area contributed by atoms with Gasteiger partial charge in [0.05, 0.1) is 0 Å². The topological polar surface area (TPSA) is 42.1 Å². The zero-order valence-electron chi connectivity index (χ0n) is 7.03. The Morgan fingerprint density at radius 2 is 2.33 bits per heavy atom. The summed E-state index contributed by atoms with van der Waals surface area (Å²) in [5.74, 6) is 1.07. The van der Waals surface area contributed by atoms with Crippen molar-refractivity contribution in [3.63, 3.8) is 0 Å². The highest BCUT2D eigenvalue weighted by Crippen LogP contribution is 2.18. The van der Waals surface area contributed by atoms with Gasteiger partial charge in [0.15, 0.2) is 0 Å². The van der Waals surface area contributed by atoms with E-state index in [9.17, 15) is 0 Å².